The minimum absolute atomic E-state index is 0.0389. The van der Waals surface area contributed by atoms with Crippen LogP contribution in [-0.4, -0.2) is 36.0 Å². The molecule has 0 atom stereocenters. The van der Waals surface area contributed by atoms with Crippen molar-refractivity contribution in [3.05, 3.63) is 59.2 Å². The zero-order chi connectivity index (χ0) is 18.7. The highest BCUT2D eigenvalue weighted by Gasteiger charge is 2.33. The van der Waals surface area contributed by atoms with Gasteiger partial charge >= 0.3 is 0 Å². The highest BCUT2D eigenvalue weighted by molar-refractivity contribution is 6.15. The molecule has 0 aliphatic carbocycles. The van der Waals surface area contributed by atoms with Crippen LogP contribution in [0, 0.1) is 0 Å². The smallest absolute Gasteiger partial charge is 0.257 e. The van der Waals surface area contributed by atoms with Crippen LogP contribution in [0.25, 0.3) is 6.08 Å². The predicted molar refractivity (Wildman–Crippen MR) is 95.8 cm³/mol. The van der Waals surface area contributed by atoms with Crippen molar-refractivity contribution in [3.63, 3.8) is 0 Å². The van der Waals surface area contributed by atoms with Crippen LogP contribution >= 0.6 is 0 Å². The van der Waals surface area contributed by atoms with E-state index in [9.17, 15) is 14.7 Å². The van der Waals surface area contributed by atoms with Gasteiger partial charge in [0.05, 0.1) is 27.2 Å². The summed E-state index contributed by atoms with van der Waals surface area (Å²) in [7, 11) is 2.86. The molecular weight excluding hydrogens is 334 g/mol. The Balaban J connectivity index is 1.88. The summed E-state index contributed by atoms with van der Waals surface area (Å²) >= 11 is 0. The van der Waals surface area contributed by atoms with Crippen LogP contribution in [0.15, 0.2) is 48.0 Å². The third-order valence-electron chi connectivity index (χ3n) is 4.19. The van der Waals surface area contributed by atoms with E-state index in [4.69, 9.17) is 9.47 Å². The number of benzene rings is 2. The first-order chi connectivity index (χ1) is 12.5. The molecule has 0 bridgehead atoms. The Labute approximate surface area is 151 Å². The number of carbonyl (C=O) groups is 2. The molecule has 0 unspecified atom stereocenters. The largest absolute Gasteiger partial charge is 0.502 e. The van der Waals surface area contributed by atoms with Crippen molar-refractivity contribution in [1.29, 1.82) is 0 Å². The summed E-state index contributed by atoms with van der Waals surface area (Å²) in [5, 5.41) is 9.97. The van der Waals surface area contributed by atoms with E-state index in [1.807, 2.05) is 30.3 Å². The van der Waals surface area contributed by atoms with Crippen LogP contribution in [0.2, 0.25) is 0 Å². The predicted octanol–water partition coefficient (Wildman–Crippen LogP) is 2.75. The second-order valence-corrected chi connectivity index (χ2v) is 5.89. The number of nitrogens with zero attached hydrogens (tertiary/aromatic N) is 1. The van der Waals surface area contributed by atoms with Crippen LogP contribution in [-0.2, 0) is 16.1 Å². The number of aromatic hydroxyl groups is 1. The molecule has 1 N–H and O–H groups in total. The zero-order valence-electron chi connectivity index (χ0n) is 14.6. The Hall–Kier alpha value is -3.28. The number of methoxy groups -OCH3 is 2. The first kappa shape index (κ1) is 17.5. The van der Waals surface area contributed by atoms with Gasteiger partial charge in [-0.2, -0.15) is 0 Å². The summed E-state index contributed by atoms with van der Waals surface area (Å²) in [6.45, 7) is 0.248. The maximum absolute atomic E-state index is 12.6. The molecule has 1 fully saturated rings. The van der Waals surface area contributed by atoms with E-state index >= 15 is 0 Å². The number of carbonyl (C=O) groups excluding carboxylic acids is 2. The first-order valence-electron chi connectivity index (χ1n) is 8.07. The Morgan fingerprint density at radius 2 is 1.69 bits per heavy atom. The van der Waals surface area contributed by atoms with Crippen molar-refractivity contribution in [2.75, 3.05) is 14.2 Å². The first-order valence-corrected chi connectivity index (χ1v) is 8.07. The van der Waals surface area contributed by atoms with E-state index in [2.05, 4.69) is 0 Å². The second kappa shape index (κ2) is 7.31. The topological polar surface area (TPSA) is 76.1 Å². The highest BCUT2D eigenvalue weighted by Crippen LogP contribution is 2.38. The number of hydrogen-bond acceptors (Lipinski definition) is 5. The van der Waals surface area contributed by atoms with Gasteiger partial charge in [0, 0.05) is 5.57 Å². The van der Waals surface area contributed by atoms with Gasteiger partial charge in [-0.3, -0.25) is 14.5 Å². The number of rotatable bonds is 5. The van der Waals surface area contributed by atoms with E-state index in [1.165, 1.54) is 19.1 Å². The van der Waals surface area contributed by atoms with Gasteiger partial charge in [0.15, 0.2) is 11.5 Å². The lowest BCUT2D eigenvalue weighted by molar-refractivity contribution is -0.138. The summed E-state index contributed by atoms with van der Waals surface area (Å²) in [5.41, 5.74) is 1.89. The third-order valence-corrected chi connectivity index (χ3v) is 4.19. The summed E-state index contributed by atoms with van der Waals surface area (Å²) < 4.78 is 10.2. The van der Waals surface area contributed by atoms with Gasteiger partial charge in [-0.05, 0) is 29.3 Å². The number of amides is 2. The second-order valence-electron chi connectivity index (χ2n) is 5.89. The molecule has 3 rings (SSSR count). The van der Waals surface area contributed by atoms with Crippen molar-refractivity contribution in [1.82, 2.24) is 4.90 Å². The molecule has 1 heterocycles. The zero-order valence-corrected chi connectivity index (χ0v) is 14.6. The molecule has 0 radical (unpaired) electrons. The molecule has 0 spiro atoms. The third kappa shape index (κ3) is 3.39. The fourth-order valence-electron chi connectivity index (χ4n) is 2.86. The normalized spacial score (nSPS) is 15.6. The minimum atomic E-state index is -0.315. The van der Waals surface area contributed by atoms with Gasteiger partial charge in [0.25, 0.3) is 5.91 Å². The average Bonchev–Trinajstić information content (AvgIpc) is 2.91. The number of ether oxygens (including phenoxy) is 2. The van der Waals surface area contributed by atoms with Crippen LogP contribution in [0.4, 0.5) is 0 Å². The van der Waals surface area contributed by atoms with Crippen molar-refractivity contribution < 1.29 is 24.2 Å². The van der Waals surface area contributed by atoms with Crippen LogP contribution in [0.5, 0.6) is 17.2 Å². The van der Waals surface area contributed by atoms with E-state index in [0.717, 1.165) is 5.56 Å². The maximum atomic E-state index is 12.6. The maximum Gasteiger partial charge on any atom is 0.257 e. The van der Waals surface area contributed by atoms with Crippen molar-refractivity contribution >= 4 is 17.9 Å². The molecule has 2 aromatic carbocycles. The van der Waals surface area contributed by atoms with Crippen LogP contribution < -0.4 is 9.47 Å². The number of phenols is 1. The number of phenolic OH excluding ortho intramolecular Hbond substituents is 1. The monoisotopic (exact) mass is 353 g/mol. The van der Waals surface area contributed by atoms with Gasteiger partial charge in [-0.1, -0.05) is 30.3 Å². The average molecular weight is 353 g/mol. The molecule has 2 amide bonds. The fraction of sp³-hybridized carbons (Fsp3) is 0.200. The van der Waals surface area contributed by atoms with Crippen LogP contribution in [0.1, 0.15) is 17.5 Å². The Kier molecular flexibility index (Phi) is 4.93. The molecule has 1 saturated heterocycles. The van der Waals surface area contributed by atoms with Crippen molar-refractivity contribution in [2.45, 2.75) is 13.0 Å². The lowest BCUT2D eigenvalue weighted by atomic mass is 10.1. The van der Waals surface area contributed by atoms with E-state index in [-0.39, 0.29) is 42.0 Å². The Bertz CT molecular complexity index is 848. The molecule has 1 aliphatic heterocycles. The quantitative estimate of drug-likeness (QED) is 0.661. The molecule has 0 aromatic heterocycles. The minimum Gasteiger partial charge on any atom is -0.502 e. The number of likely N-dealkylation sites (tertiary alicyclic amines) is 1. The lowest BCUT2D eigenvalue weighted by Crippen LogP contribution is -2.28. The van der Waals surface area contributed by atoms with Gasteiger partial charge < -0.3 is 14.6 Å². The molecule has 6 heteroatoms. The van der Waals surface area contributed by atoms with Crippen molar-refractivity contribution in [3.8, 4) is 17.2 Å². The number of hydrogen-bond donors (Lipinski definition) is 1. The highest BCUT2D eigenvalue weighted by atomic mass is 16.5. The SMILES string of the molecule is COc1cc(/C=C2\CC(=O)N(Cc3ccccc3)C2=O)cc(OC)c1O. The Morgan fingerprint density at radius 3 is 2.27 bits per heavy atom. The van der Waals surface area contributed by atoms with Gasteiger partial charge in [0.1, 0.15) is 0 Å². The number of imide groups is 1. The van der Waals surface area contributed by atoms with E-state index in [0.29, 0.717) is 11.1 Å². The fourth-order valence-corrected chi connectivity index (χ4v) is 2.86. The lowest BCUT2D eigenvalue weighted by Gasteiger charge is -2.13. The van der Waals surface area contributed by atoms with Gasteiger partial charge in [-0.15, -0.1) is 0 Å². The molecular formula is C20H19NO5. The van der Waals surface area contributed by atoms with Crippen molar-refractivity contribution in [2.24, 2.45) is 0 Å². The molecule has 26 heavy (non-hydrogen) atoms. The van der Waals surface area contributed by atoms with Gasteiger partial charge in [0.2, 0.25) is 11.7 Å². The molecule has 134 valence electrons. The summed E-state index contributed by atoms with van der Waals surface area (Å²) in [4.78, 5) is 26.1. The summed E-state index contributed by atoms with van der Waals surface area (Å²) in [6.07, 6.45) is 1.66. The molecule has 0 saturated carbocycles. The summed E-state index contributed by atoms with van der Waals surface area (Å²) in [5.74, 6) is -0.201. The van der Waals surface area contributed by atoms with Gasteiger partial charge in [-0.25, -0.2) is 0 Å². The molecule has 2 aromatic rings. The Morgan fingerprint density at radius 1 is 1.08 bits per heavy atom. The van der Waals surface area contributed by atoms with E-state index < -0.39 is 0 Å². The van der Waals surface area contributed by atoms with Crippen LogP contribution in [0.3, 0.4) is 0 Å². The molecule has 1 aliphatic rings. The standard InChI is InChI=1S/C20H19NO5/c1-25-16-9-14(10-17(26-2)19(16)23)8-15-11-18(22)21(20(15)24)12-13-6-4-3-5-7-13/h3-10,23H,11-12H2,1-2H3/b15-8+. The summed E-state index contributed by atoms with van der Waals surface area (Å²) in [6, 6.07) is 12.5. The van der Waals surface area contributed by atoms with E-state index in [1.54, 1.807) is 18.2 Å². The molecule has 6 nitrogen and oxygen atoms in total.